The molecule has 0 aliphatic rings. The van der Waals surface area contributed by atoms with Gasteiger partial charge in [-0.05, 0) is 43.7 Å². The molecule has 6 nitrogen and oxygen atoms in total. The first-order chi connectivity index (χ1) is 10.9. The number of nitrogens with two attached hydrogens (primary N) is 1. The van der Waals surface area contributed by atoms with E-state index >= 15 is 0 Å². The Kier molecular flexibility index (Phi) is 4.75. The maximum atomic E-state index is 11.9. The maximum Gasteiger partial charge on any atom is 0.314 e. The molecule has 6 heteroatoms. The van der Waals surface area contributed by atoms with E-state index in [-0.39, 0.29) is 5.78 Å². The van der Waals surface area contributed by atoms with Crippen LogP contribution >= 0.6 is 0 Å². The Morgan fingerprint density at radius 3 is 2.30 bits per heavy atom. The summed E-state index contributed by atoms with van der Waals surface area (Å²) in [6, 6.07) is 11.5. The lowest BCUT2D eigenvalue weighted by atomic mass is 10.1. The third kappa shape index (κ3) is 4.16. The topological polar surface area (TPSA) is 101 Å². The molecule has 118 valence electrons. The Bertz CT molecular complexity index is 784. The van der Waals surface area contributed by atoms with Gasteiger partial charge in [-0.2, -0.15) is 0 Å². The predicted octanol–water partition coefficient (Wildman–Crippen LogP) is 2.36. The van der Waals surface area contributed by atoms with E-state index in [1.807, 2.05) is 6.92 Å². The fourth-order valence-electron chi connectivity index (χ4n) is 1.98. The first-order valence-electron chi connectivity index (χ1n) is 6.96. The number of carbonyl (C=O) groups is 3. The molecule has 0 bridgehead atoms. The second kappa shape index (κ2) is 6.74. The number of aryl methyl sites for hydroxylation is 1. The fourth-order valence-corrected chi connectivity index (χ4v) is 1.98. The van der Waals surface area contributed by atoms with Crippen molar-refractivity contribution in [2.24, 2.45) is 0 Å². The van der Waals surface area contributed by atoms with Crippen LogP contribution in [-0.2, 0) is 9.59 Å². The van der Waals surface area contributed by atoms with Gasteiger partial charge in [0, 0.05) is 11.3 Å². The van der Waals surface area contributed by atoms with Crippen molar-refractivity contribution in [3.05, 3.63) is 53.6 Å². The zero-order valence-electron chi connectivity index (χ0n) is 12.8. The van der Waals surface area contributed by atoms with Crippen LogP contribution < -0.4 is 16.4 Å². The number of nitrogens with one attached hydrogen (secondary N) is 2. The SMILES string of the molecule is CC(=O)c1cccc(NC(=O)C(=O)Nc2ccc(C)cc2N)c1. The molecule has 2 aromatic rings. The highest BCUT2D eigenvalue weighted by Crippen LogP contribution is 2.19. The molecule has 0 heterocycles. The molecule has 0 radical (unpaired) electrons. The van der Waals surface area contributed by atoms with Crippen molar-refractivity contribution in [1.82, 2.24) is 0 Å². The molecule has 0 aromatic heterocycles. The smallest absolute Gasteiger partial charge is 0.314 e. The van der Waals surface area contributed by atoms with E-state index in [4.69, 9.17) is 5.73 Å². The Balaban J connectivity index is 2.07. The summed E-state index contributed by atoms with van der Waals surface area (Å²) in [4.78, 5) is 35.2. The van der Waals surface area contributed by atoms with Gasteiger partial charge in [-0.25, -0.2) is 0 Å². The van der Waals surface area contributed by atoms with E-state index < -0.39 is 11.8 Å². The van der Waals surface area contributed by atoms with Gasteiger partial charge in [-0.1, -0.05) is 18.2 Å². The zero-order valence-corrected chi connectivity index (χ0v) is 12.8. The number of anilines is 3. The van der Waals surface area contributed by atoms with E-state index in [0.29, 0.717) is 22.6 Å². The average molecular weight is 311 g/mol. The molecule has 4 N–H and O–H groups in total. The van der Waals surface area contributed by atoms with E-state index in [0.717, 1.165) is 5.56 Å². The zero-order chi connectivity index (χ0) is 17.0. The van der Waals surface area contributed by atoms with Crippen LogP contribution in [0.3, 0.4) is 0 Å². The monoisotopic (exact) mass is 311 g/mol. The molecule has 0 saturated carbocycles. The lowest BCUT2D eigenvalue weighted by Crippen LogP contribution is -2.29. The van der Waals surface area contributed by atoms with Gasteiger partial charge in [0.25, 0.3) is 0 Å². The summed E-state index contributed by atoms with van der Waals surface area (Å²) in [6.45, 7) is 3.30. The number of rotatable bonds is 3. The van der Waals surface area contributed by atoms with Crippen LogP contribution in [0.4, 0.5) is 17.1 Å². The summed E-state index contributed by atoms with van der Waals surface area (Å²) in [7, 11) is 0. The summed E-state index contributed by atoms with van der Waals surface area (Å²) < 4.78 is 0. The van der Waals surface area contributed by atoms with Gasteiger partial charge in [0.1, 0.15) is 0 Å². The maximum absolute atomic E-state index is 11.9. The summed E-state index contributed by atoms with van der Waals surface area (Å²) in [5.74, 6) is -1.81. The Labute approximate surface area is 133 Å². The van der Waals surface area contributed by atoms with Gasteiger partial charge < -0.3 is 16.4 Å². The van der Waals surface area contributed by atoms with Crippen LogP contribution in [0.2, 0.25) is 0 Å². The van der Waals surface area contributed by atoms with E-state index in [1.54, 1.807) is 36.4 Å². The summed E-state index contributed by atoms with van der Waals surface area (Å²) in [5, 5.41) is 4.90. The highest BCUT2D eigenvalue weighted by atomic mass is 16.2. The van der Waals surface area contributed by atoms with Crippen LogP contribution in [0.1, 0.15) is 22.8 Å². The van der Waals surface area contributed by atoms with E-state index in [9.17, 15) is 14.4 Å². The number of hydrogen-bond acceptors (Lipinski definition) is 4. The van der Waals surface area contributed by atoms with Gasteiger partial charge in [-0.15, -0.1) is 0 Å². The number of carbonyl (C=O) groups excluding carboxylic acids is 3. The second-order valence-corrected chi connectivity index (χ2v) is 5.14. The van der Waals surface area contributed by atoms with Crippen LogP contribution in [0, 0.1) is 6.92 Å². The molecule has 2 rings (SSSR count). The first-order valence-corrected chi connectivity index (χ1v) is 6.96. The minimum Gasteiger partial charge on any atom is -0.397 e. The normalized spacial score (nSPS) is 10.0. The fraction of sp³-hybridized carbons (Fsp3) is 0.118. The van der Waals surface area contributed by atoms with Gasteiger partial charge in [0.05, 0.1) is 11.4 Å². The Morgan fingerprint density at radius 2 is 1.65 bits per heavy atom. The molecule has 23 heavy (non-hydrogen) atoms. The highest BCUT2D eigenvalue weighted by molar-refractivity contribution is 6.43. The van der Waals surface area contributed by atoms with Gasteiger partial charge >= 0.3 is 11.8 Å². The lowest BCUT2D eigenvalue weighted by Gasteiger charge is -2.09. The van der Waals surface area contributed by atoms with Crippen LogP contribution in [-0.4, -0.2) is 17.6 Å². The number of nitrogen functional groups attached to an aromatic ring is 1. The van der Waals surface area contributed by atoms with E-state index in [2.05, 4.69) is 10.6 Å². The summed E-state index contributed by atoms with van der Waals surface area (Å²) >= 11 is 0. The lowest BCUT2D eigenvalue weighted by molar-refractivity contribution is -0.132. The largest absolute Gasteiger partial charge is 0.397 e. The molecule has 2 amide bonds. The molecule has 0 aliphatic heterocycles. The van der Waals surface area contributed by atoms with Crippen molar-refractivity contribution in [3.63, 3.8) is 0 Å². The Hall–Kier alpha value is -3.15. The quantitative estimate of drug-likeness (QED) is 0.460. The number of amides is 2. The van der Waals surface area contributed by atoms with Crippen molar-refractivity contribution in [2.45, 2.75) is 13.8 Å². The summed E-state index contributed by atoms with van der Waals surface area (Å²) in [6.07, 6.45) is 0. The number of Topliss-reactive ketones (excluding diaryl/α,β-unsaturated/α-hetero) is 1. The van der Waals surface area contributed by atoms with Gasteiger partial charge in [-0.3, -0.25) is 14.4 Å². The molecular formula is C17H17N3O3. The molecule has 0 spiro atoms. The second-order valence-electron chi connectivity index (χ2n) is 5.14. The van der Waals surface area contributed by atoms with Gasteiger partial charge in [0.15, 0.2) is 5.78 Å². The number of hydrogen-bond donors (Lipinski definition) is 3. The third-order valence-electron chi connectivity index (χ3n) is 3.19. The van der Waals surface area contributed by atoms with Crippen molar-refractivity contribution in [2.75, 3.05) is 16.4 Å². The predicted molar refractivity (Wildman–Crippen MR) is 89.3 cm³/mol. The van der Waals surface area contributed by atoms with E-state index in [1.165, 1.54) is 13.0 Å². The molecule has 0 saturated heterocycles. The standard InChI is InChI=1S/C17H17N3O3/c1-10-6-7-15(14(18)8-10)20-17(23)16(22)19-13-5-3-4-12(9-13)11(2)21/h3-9H,18H2,1-2H3,(H,19,22)(H,20,23). The number of benzene rings is 2. The molecule has 0 atom stereocenters. The summed E-state index contributed by atoms with van der Waals surface area (Å²) in [5.41, 5.74) is 8.31. The van der Waals surface area contributed by atoms with Crippen molar-refractivity contribution < 1.29 is 14.4 Å². The molecule has 2 aromatic carbocycles. The Morgan fingerprint density at radius 1 is 0.957 bits per heavy atom. The van der Waals surface area contributed by atoms with Crippen LogP contribution in [0.25, 0.3) is 0 Å². The van der Waals surface area contributed by atoms with Crippen molar-refractivity contribution in [1.29, 1.82) is 0 Å². The van der Waals surface area contributed by atoms with Crippen molar-refractivity contribution in [3.8, 4) is 0 Å². The minimum atomic E-state index is -0.842. The third-order valence-corrected chi connectivity index (χ3v) is 3.19. The van der Waals surface area contributed by atoms with Gasteiger partial charge in [0.2, 0.25) is 0 Å². The van der Waals surface area contributed by atoms with Crippen molar-refractivity contribution >= 4 is 34.7 Å². The highest BCUT2D eigenvalue weighted by Gasteiger charge is 2.15. The average Bonchev–Trinajstić information content (AvgIpc) is 2.50. The molecule has 0 unspecified atom stereocenters. The molecular weight excluding hydrogens is 294 g/mol. The number of ketones is 1. The minimum absolute atomic E-state index is 0.127. The first kappa shape index (κ1) is 16.2. The molecule has 0 fully saturated rings. The van der Waals surface area contributed by atoms with Crippen LogP contribution in [0.5, 0.6) is 0 Å². The van der Waals surface area contributed by atoms with Crippen LogP contribution in [0.15, 0.2) is 42.5 Å². The molecule has 0 aliphatic carbocycles.